The van der Waals surface area contributed by atoms with Crippen LogP contribution in [0.5, 0.6) is 0 Å². The molecule has 0 N–H and O–H groups in total. The largest absolute Gasteiger partial charge is 0.229 e. The lowest BCUT2D eigenvalue weighted by Gasteiger charge is -2.11. The zero-order valence-electron chi connectivity index (χ0n) is 12.3. The maximum Gasteiger partial charge on any atom is 0.133 e. The van der Waals surface area contributed by atoms with Gasteiger partial charge in [-0.25, -0.2) is 4.98 Å². The lowest BCUT2D eigenvalue weighted by Crippen LogP contribution is -1.92. The first kappa shape index (κ1) is 15.1. The van der Waals surface area contributed by atoms with Gasteiger partial charge < -0.3 is 0 Å². The molecule has 22 heavy (non-hydrogen) atoms. The van der Waals surface area contributed by atoms with Crippen LogP contribution in [0.25, 0.3) is 11.1 Å². The molecular formula is C19H16ClNS. The molecule has 2 aromatic carbocycles. The Hall–Kier alpha value is -1.77. The van der Waals surface area contributed by atoms with E-state index in [-0.39, 0.29) is 0 Å². The Kier molecular flexibility index (Phi) is 4.81. The monoisotopic (exact) mass is 325 g/mol. The Balaban J connectivity index is 1.94. The molecule has 0 bridgehead atoms. The molecule has 1 nitrogen and oxygen atoms in total. The van der Waals surface area contributed by atoms with Crippen molar-refractivity contribution in [3.8, 4) is 11.1 Å². The van der Waals surface area contributed by atoms with Crippen molar-refractivity contribution >= 4 is 23.4 Å². The summed E-state index contributed by atoms with van der Waals surface area (Å²) in [5.41, 5.74) is 4.60. The SMILES string of the molecule is Cc1cc(-c2ccccc2)c(SCc2ccccc2)nc1Cl. The van der Waals surface area contributed by atoms with Gasteiger partial charge in [-0.2, -0.15) is 0 Å². The molecule has 3 heteroatoms. The highest BCUT2D eigenvalue weighted by atomic mass is 35.5. The number of hydrogen-bond donors (Lipinski definition) is 0. The molecule has 1 aromatic heterocycles. The van der Waals surface area contributed by atoms with Gasteiger partial charge in [0.25, 0.3) is 0 Å². The summed E-state index contributed by atoms with van der Waals surface area (Å²) in [6.07, 6.45) is 0. The van der Waals surface area contributed by atoms with Gasteiger partial charge in [0.15, 0.2) is 0 Å². The van der Waals surface area contributed by atoms with Crippen LogP contribution < -0.4 is 0 Å². The second kappa shape index (κ2) is 6.99. The van der Waals surface area contributed by atoms with E-state index in [1.165, 1.54) is 11.1 Å². The van der Waals surface area contributed by atoms with Gasteiger partial charge in [-0.1, -0.05) is 72.3 Å². The van der Waals surface area contributed by atoms with Crippen molar-refractivity contribution < 1.29 is 0 Å². The van der Waals surface area contributed by atoms with Crippen LogP contribution in [0.3, 0.4) is 0 Å². The summed E-state index contributed by atoms with van der Waals surface area (Å²) in [5.74, 6) is 0.882. The van der Waals surface area contributed by atoms with Gasteiger partial charge in [-0.05, 0) is 29.7 Å². The van der Waals surface area contributed by atoms with Gasteiger partial charge in [-0.15, -0.1) is 11.8 Å². The molecule has 0 unspecified atom stereocenters. The highest BCUT2D eigenvalue weighted by Gasteiger charge is 2.11. The summed E-state index contributed by atoms with van der Waals surface area (Å²) in [6, 6.07) is 22.9. The standard InChI is InChI=1S/C19H16ClNS/c1-14-12-17(16-10-6-3-7-11-16)19(21-18(14)20)22-13-15-8-4-2-5-9-15/h2-12H,13H2,1H3. The maximum absolute atomic E-state index is 6.23. The number of rotatable bonds is 4. The number of halogens is 1. The summed E-state index contributed by atoms with van der Waals surface area (Å²) in [5, 5.41) is 1.56. The van der Waals surface area contributed by atoms with Crippen LogP contribution in [0, 0.1) is 6.92 Å². The Morgan fingerprint density at radius 3 is 2.27 bits per heavy atom. The van der Waals surface area contributed by atoms with Crippen LogP contribution in [0.4, 0.5) is 0 Å². The van der Waals surface area contributed by atoms with Crippen molar-refractivity contribution in [3.63, 3.8) is 0 Å². The Morgan fingerprint density at radius 1 is 0.955 bits per heavy atom. The second-order valence-corrected chi connectivity index (χ2v) is 6.41. The fourth-order valence-corrected chi connectivity index (χ4v) is 3.41. The normalized spacial score (nSPS) is 10.6. The summed E-state index contributed by atoms with van der Waals surface area (Å²) in [7, 11) is 0. The first-order valence-electron chi connectivity index (χ1n) is 7.13. The number of aryl methyl sites for hydroxylation is 1. The third-order valence-electron chi connectivity index (χ3n) is 3.42. The molecule has 0 aliphatic heterocycles. The first-order chi connectivity index (χ1) is 10.7. The summed E-state index contributed by atoms with van der Waals surface area (Å²) in [6.45, 7) is 1.99. The highest BCUT2D eigenvalue weighted by molar-refractivity contribution is 7.98. The third kappa shape index (κ3) is 3.52. The molecule has 0 saturated heterocycles. The zero-order chi connectivity index (χ0) is 15.4. The molecule has 0 radical (unpaired) electrons. The number of hydrogen-bond acceptors (Lipinski definition) is 2. The number of benzene rings is 2. The van der Waals surface area contributed by atoms with Gasteiger partial charge >= 0.3 is 0 Å². The molecular weight excluding hydrogens is 310 g/mol. The molecule has 1 heterocycles. The topological polar surface area (TPSA) is 12.9 Å². The zero-order valence-corrected chi connectivity index (χ0v) is 13.9. The van der Waals surface area contributed by atoms with Gasteiger partial charge in [-0.3, -0.25) is 0 Å². The predicted octanol–water partition coefficient (Wildman–Crippen LogP) is 6.00. The lowest BCUT2D eigenvalue weighted by atomic mass is 10.1. The molecule has 3 aromatic rings. The second-order valence-electron chi connectivity index (χ2n) is 5.09. The highest BCUT2D eigenvalue weighted by Crippen LogP contribution is 2.34. The van der Waals surface area contributed by atoms with Crippen LogP contribution in [0.15, 0.2) is 71.8 Å². The smallest absolute Gasteiger partial charge is 0.133 e. The van der Waals surface area contributed by atoms with Gasteiger partial charge in [0.2, 0.25) is 0 Å². The minimum Gasteiger partial charge on any atom is -0.229 e. The summed E-state index contributed by atoms with van der Waals surface area (Å²) < 4.78 is 0. The molecule has 110 valence electrons. The average molecular weight is 326 g/mol. The van der Waals surface area contributed by atoms with Crippen molar-refractivity contribution in [1.29, 1.82) is 0 Å². The van der Waals surface area contributed by atoms with Crippen molar-refractivity contribution in [2.24, 2.45) is 0 Å². The van der Waals surface area contributed by atoms with E-state index in [0.717, 1.165) is 21.9 Å². The number of aromatic nitrogens is 1. The van der Waals surface area contributed by atoms with Crippen molar-refractivity contribution in [3.05, 3.63) is 83.0 Å². The fourth-order valence-electron chi connectivity index (χ4n) is 2.24. The van der Waals surface area contributed by atoms with Gasteiger partial charge in [0.1, 0.15) is 10.2 Å². The Bertz CT molecular complexity index is 757. The predicted molar refractivity (Wildman–Crippen MR) is 95.4 cm³/mol. The van der Waals surface area contributed by atoms with E-state index < -0.39 is 0 Å². The van der Waals surface area contributed by atoms with E-state index in [1.807, 2.05) is 31.2 Å². The third-order valence-corrected chi connectivity index (χ3v) is 4.86. The molecule has 0 fully saturated rings. The molecule has 0 spiro atoms. The quantitative estimate of drug-likeness (QED) is 0.431. The van der Waals surface area contributed by atoms with Crippen LogP contribution >= 0.6 is 23.4 Å². The minimum atomic E-state index is 0.579. The molecule has 0 aliphatic carbocycles. The molecule has 3 rings (SSSR count). The Morgan fingerprint density at radius 2 is 1.59 bits per heavy atom. The summed E-state index contributed by atoms with van der Waals surface area (Å²) >= 11 is 7.95. The van der Waals surface area contributed by atoms with E-state index in [0.29, 0.717) is 5.15 Å². The average Bonchev–Trinajstić information content (AvgIpc) is 2.57. The van der Waals surface area contributed by atoms with Crippen LogP contribution in [0.1, 0.15) is 11.1 Å². The number of nitrogens with zero attached hydrogens (tertiary/aromatic N) is 1. The fraction of sp³-hybridized carbons (Fsp3) is 0.105. The van der Waals surface area contributed by atoms with Gasteiger partial charge in [0.05, 0.1) is 0 Å². The van der Waals surface area contributed by atoms with E-state index in [4.69, 9.17) is 11.6 Å². The van der Waals surface area contributed by atoms with E-state index in [2.05, 4.69) is 47.4 Å². The lowest BCUT2D eigenvalue weighted by molar-refractivity contribution is 1.11. The molecule has 0 atom stereocenters. The molecule has 0 aliphatic rings. The van der Waals surface area contributed by atoms with Gasteiger partial charge in [0, 0.05) is 11.3 Å². The minimum absolute atomic E-state index is 0.579. The summed E-state index contributed by atoms with van der Waals surface area (Å²) in [4.78, 5) is 4.59. The van der Waals surface area contributed by atoms with Crippen molar-refractivity contribution in [2.45, 2.75) is 17.7 Å². The van der Waals surface area contributed by atoms with Crippen molar-refractivity contribution in [2.75, 3.05) is 0 Å². The van der Waals surface area contributed by atoms with E-state index >= 15 is 0 Å². The molecule has 0 amide bonds. The first-order valence-corrected chi connectivity index (χ1v) is 8.49. The number of thioether (sulfide) groups is 1. The van der Waals surface area contributed by atoms with E-state index in [1.54, 1.807) is 11.8 Å². The van der Waals surface area contributed by atoms with E-state index in [9.17, 15) is 0 Å². The van der Waals surface area contributed by atoms with Crippen LogP contribution in [-0.2, 0) is 5.75 Å². The molecule has 0 saturated carbocycles. The van der Waals surface area contributed by atoms with Crippen LogP contribution in [-0.4, -0.2) is 4.98 Å². The Labute approximate surface area is 140 Å². The van der Waals surface area contributed by atoms with Crippen molar-refractivity contribution in [1.82, 2.24) is 4.98 Å². The maximum atomic E-state index is 6.23. The van der Waals surface area contributed by atoms with Crippen LogP contribution in [0.2, 0.25) is 5.15 Å². The number of pyridine rings is 1.